The molecule has 2 aromatic rings. The van der Waals surface area contributed by atoms with Gasteiger partial charge in [0.25, 0.3) is 5.91 Å². The maximum atomic E-state index is 14.7. The Morgan fingerprint density at radius 2 is 1.85 bits per heavy atom. The molecule has 2 amide bonds. The molecule has 1 aliphatic rings. The number of piperidine rings is 1. The van der Waals surface area contributed by atoms with Gasteiger partial charge in [0.15, 0.2) is 11.9 Å². The molecule has 7 atom stereocenters. The maximum absolute atomic E-state index is 14.7. The van der Waals surface area contributed by atoms with Gasteiger partial charge in [0.2, 0.25) is 5.91 Å². The van der Waals surface area contributed by atoms with E-state index in [9.17, 15) is 29.1 Å². The second kappa shape index (κ2) is 21.6. The van der Waals surface area contributed by atoms with Crippen molar-refractivity contribution in [1.82, 2.24) is 20.1 Å². The number of ether oxygens (including phenoxy) is 2. The van der Waals surface area contributed by atoms with Crippen LogP contribution in [0, 0.1) is 23.7 Å². The fraction of sp³-hybridized carbons (Fsp3) is 0.692. The van der Waals surface area contributed by atoms with Gasteiger partial charge in [-0.1, -0.05) is 53.5 Å². The molecule has 53 heavy (non-hydrogen) atoms. The second-order valence-electron chi connectivity index (χ2n) is 14.8. The van der Waals surface area contributed by atoms with Crippen molar-refractivity contribution >= 4 is 52.2 Å². The highest BCUT2D eigenvalue weighted by Gasteiger charge is 2.39. The molecule has 296 valence electrons. The van der Waals surface area contributed by atoms with Gasteiger partial charge in [-0.25, -0.2) is 4.98 Å². The number of rotatable bonds is 22. The average molecular weight is 777 g/mol. The molecule has 1 fully saturated rings. The van der Waals surface area contributed by atoms with Gasteiger partial charge in [-0.3, -0.25) is 28.9 Å². The zero-order valence-corrected chi connectivity index (χ0v) is 34.3. The van der Waals surface area contributed by atoms with Crippen molar-refractivity contribution in [2.24, 2.45) is 23.7 Å². The number of carbonyl (C=O) groups excluding carboxylic acids is 4. The molecule has 0 radical (unpaired) electrons. The lowest BCUT2D eigenvalue weighted by Gasteiger charge is -2.39. The molecule has 2 aromatic heterocycles. The summed E-state index contributed by atoms with van der Waals surface area (Å²) in [7, 11) is 3.56. The van der Waals surface area contributed by atoms with Gasteiger partial charge < -0.3 is 24.8 Å². The van der Waals surface area contributed by atoms with Crippen molar-refractivity contribution < 1.29 is 38.6 Å². The van der Waals surface area contributed by atoms with Crippen LogP contribution in [0.2, 0.25) is 0 Å². The molecule has 0 saturated carbocycles. The Labute approximate surface area is 323 Å². The molecule has 3 unspecified atom stereocenters. The molecule has 0 bridgehead atoms. The number of hydrogen-bond acceptors (Lipinski definition) is 11. The molecule has 1 aliphatic heterocycles. The Morgan fingerprint density at radius 1 is 1.11 bits per heavy atom. The van der Waals surface area contributed by atoms with E-state index in [1.54, 1.807) is 24.3 Å². The first-order valence-electron chi connectivity index (χ1n) is 18.9. The summed E-state index contributed by atoms with van der Waals surface area (Å²) in [6.07, 6.45) is 3.86. The van der Waals surface area contributed by atoms with Gasteiger partial charge >= 0.3 is 11.9 Å². The van der Waals surface area contributed by atoms with E-state index in [0.29, 0.717) is 18.0 Å². The number of aliphatic carboxylic acids is 1. The van der Waals surface area contributed by atoms with E-state index in [2.05, 4.69) is 15.2 Å². The minimum atomic E-state index is -0.938. The third-order valence-corrected chi connectivity index (χ3v) is 12.3. The monoisotopic (exact) mass is 776 g/mol. The van der Waals surface area contributed by atoms with E-state index >= 15 is 0 Å². The molecule has 3 rings (SSSR count). The van der Waals surface area contributed by atoms with Crippen molar-refractivity contribution in [2.75, 3.05) is 33.9 Å². The summed E-state index contributed by atoms with van der Waals surface area (Å²) in [5.41, 5.74) is 0.137. The van der Waals surface area contributed by atoms with Crippen LogP contribution in [0.3, 0.4) is 0 Å². The standard InChI is InChI=1S/C39H60N4O8S2/c1-9-25(4)30(21-34(45)32-14-10-11-15-42(32)7)38(47)43(16-17-50-8)33(24(2)3)22-35(51-27(6)44)37-41-31(23-53-37)36(46)40-28(19-26(5)39(48)49)20-29-13-12-18-52-29/h12-13,18,23-26,28,30,32-33,35H,9-11,14-17,19-22H2,1-8H3,(H,40,46)(H,48,49)/t25?,26-,28+,30?,32?,33+,35+/m0/s1. The summed E-state index contributed by atoms with van der Waals surface area (Å²) < 4.78 is 11.3. The van der Waals surface area contributed by atoms with Crippen molar-refractivity contribution in [3.63, 3.8) is 0 Å². The Balaban J connectivity index is 1.89. The van der Waals surface area contributed by atoms with Gasteiger partial charge in [-0.2, -0.15) is 0 Å². The highest BCUT2D eigenvalue weighted by Crippen LogP contribution is 2.33. The second-order valence-corrected chi connectivity index (χ2v) is 16.7. The lowest BCUT2D eigenvalue weighted by molar-refractivity contribution is -0.150. The maximum Gasteiger partial charge on any atom is 0.306 e. The van der Waals surface area contributed by atoms with Gasteiger partial charge in [0.1, 0.15) is 10.7 Å². The largest absolute Gasteiger partial charge is 0.481 e. The van der Waals surface area contributed by atoms with Crippen LogP contribution >= 0.6 is 22.7 Å². The number of amides is 2. The Morgan fingerprint density at radius 3 is 2.43 bits per heavy atom. The lowest BCUT2D eigenvalue weighted by Crippen LogP contribution is -2.50. The van der Waals surface area contributed by atoms with Crippen LogP contribution in [0.25, 0.3) is 0 Å². The molecule has 14 heteroatoms. The molecule has 1 saturated heterocycles. The van der Waals surface area contributed by atoms with E-state index < -0.39 is 47.9 Å². The molecule has 0 aromatic carbocycles. The Kier molecular flexibility index (Phi) is 18.0. The molecule has 2 N–H and O–H groups in total. The van der Waals surface area contributed by atoms with Crippen molar-refractivity contribution in [1.29, 1.82) is 0 Å². The van der Waals surface area contributed by atoms with Crippen molar-refractivity contribution in [3.05, 3.63) is 38.5 Å². The number of methoxy groups -OCH3 is 1. The van der Waals surface area contributed by atoms with Crippen LogP contribution in [-0.2, 0) is 35.1 Å². The summed E-state index contributed by atoms with van der Waals surface area (Å²) in [6, 6.07) is 2.83. The molecular weight excluding hydrogens is 717 g/mol. The number of aromatic nitrogens is 1. The average Bonchev–Trinajstić information content (AvgIpc) is 3.82. The first kappa shape index (κ1) is 44.2. The highest BCUT2D eigenvalue weighted by atomic mass is 32.1. The first-order valence-corrected chi connectivity index (χ1v) is 20.6. The molecule has 12 nitrogen and oxygen atoms in total. The van der Waals surface area contributed by atoms with Crippen LogP contribution in [0.1, 0.15) is 113 Å². The zero-order valence-electron chi connectivity index (χ0n) is 32.7. The SMILES string of the molecule is CCC(C)C(CC(=O)C1CCCCN1C)C(=O)N(CCOC)[C@H](C[C@@H](OC(C)=O)c1nc(C(=O)N[C@@H](Cc2cccs2)C[C@H](C)C(=O)O)cs1)C(C)C. The number of carbonyl (C=O) groups is 5. The minimum absolute atomic E-state index is 0.0374. The van der Waals surface area contributed by atoms with Crippen LogP contribution in [0.15, 0.2) is 22.9 Å². The summed E-state index contributed by atoms with van der Waals surface area (Å²) in [5, 5.41) is 16.5. The van der Waals surface area contributed by atoms with Crippen LogP contribution in [-0.4, -0.2) is 101 Å². The number of carboxylic acid groups (broad SMARTS) is 1. The smallest absolute Gasteiger partial charge is 0.306 e. The number of nitrogens with one attached hydrogen (secondary N) is 1. The highest BCUT2D eigenvalue weighted by molar-refractivity contribution is 7.10. The minimum Gasteiger partial charge on any atom is -0.481 e. The van der Waals surface area contributed by atoms with E-state index in [-0.39, 0.29) is 61.1 Å². The van der Waals surface area contributed by atoms with Crippen molar-refractivity contribution in [3.8, 4) is 0 Å². The fourth-order valence-electron chi connectivity index (χ4n) is 7.06. The number of esters is 1. The quantitative estimate of drug-likeness (QED) is 0.131. The fourth-order valence-corrected chi connectivity index (χ4v) is 8.69. The number of hydrogen-bond donors (Lipinski definition) is 2. The van der Waals surface area contributed by atoms with Crippen LogP contribution in [0.5, 0.6) is 0 Å². The van der Waals surface area contributed by atoms with Gasteiger partial charge in [-0.05, 0) is 56.1 Å². The molecule has 0 aliphatic carbocycles. The third-order valence-electron chi connectivity index (χ3n) is 10.4. The number of Topliss-reactive ketones (excluding diaryl/α,β-unsaturated/α-hetero) is 1. The van der Waals surface area contributed by atoms with E-state index in [4.69, 9.17) is 9.47 Å². The van der Waals surface area contributed by atoms with Gasteiger partial charge in [0, 0.05) is 68.1 Å². The normalized spacial score (nSPS) is 18.4. The number of carboxylic acids is 1. The number of nitrogens with zero attached hydrogens (tertiary/aromatic N) is 3. The number of thiophene rings is 1. The summed E-state index contributed by atoms with van der Waals surface area (Å²) >= 11 is 2.73. The Bertz CT molecular complexity index is 1480. The third kappa shape index (κ3) is 13.3. The van der Waals surface area contributed by atoms with Gasteiger partial charge in [-0.15, -0.1) is 22.7 Å². The van der Waals surface area contributed by atoms with Crippen LogP contribution < -0.4 is 5.32 Å². The number of thiazole rings is 1. The number of likely N-dealkylation sites (N-methyl/N-ethyl adjacent to an activating group) is 1. The van der Waals surface area contributed by atoms with E-state index in [0.717, 1.165) is 37.1 Å². The topological polar surface area (TPSA) is 155 Å². The summed E-state index contributed by atoms with van der Waals surface area (Å²) in [4.78, 5) is 75.5. The summed E-state index contributed by atoms with van der Waals surface area (Å²) in [6.45, 7) is 12.5. The molecular formula is C39H60N4O8S2. The zero-order chi connectivity index (χ0) is 39.2. The van der Waals surface area contributed by atoms with Gasteiger partial charge in [0.05, 0.1) is 18.6 Å². The predicted molar refractivity (Wildman–Crippen MR) is 207 cm³/mol. The van der Waals surface area contributed by atoms with Crippen LogP contribution in [0.4, 0.5) is 0 Å². The van der Waals surface area contributed by atoms with Crippen molar-refractivity contribution in [2.45, 2.75) is 117 Å². The number of likely N-dealkylation sites (tertiary alicyclic amines) is 1. The molecule has 3 heterocycles. The van der Waals surface area contributed by atoms with E-state index in [1.165, 1.54) is 29.6 Å². The molecule has 0 spiro atoms. The number of ketones is 1. The van der Waals surface area contributed by atoms with E-state index in [1.807, 2.05) is 52.3 Å². The summed E-state index contributed by atoms with van der Waals surface area (Å²) in [5.74, 6) is -3.21. The predicted octanol–water partition coefficient (Wildman–Crippen LogP) is 6.26. The first-order chi connectivity index (χ1) is 25.2. The Hall–Kier alpha value is -3.20. The lowest BCUT2D eigenvalue weighted by atomic mass is 9.82.